The lowest BCUT2D eigenvalue weighted by Crippen LogP contribution is -2.30. The van der Waals surface area contributed by atoms with E-state index in [1.807, 2.05) is 36.4 Å². The second-order valence-electron chi connectivity index (χ2n) is 8.28. The van der Waals surface area contributed by atoms with E-state index in [0.717, 1.165) is 5.56 Å². The van der Waals surface area contributed by atoms with Gasteiger partial charge in [-0.3, -0.25) is 14.6 Å². The molecule has 0 bridgehead atoms. The zero-order valence-electron chi connectivity index (χ0n) is 19.0. The maximum atomic E-state index is 13.6. The summed E-state index contributed by atoms with van der Waals surface area (Å²) in [5, 5.41) is 11.4. The van der Waals surface area contributed by atoms with Crippen LogP contribution in [-0.2, 0) is 11.3 Å². The Morgan fingerprint density at radius 2 is 1.69 bits per heavy atom. The van der Waals surface area contributed by atoms with Crippen LogP contribution in [0.5, 0.6) is 11.5 Å². The number of ketones is 1. The van der Waals surface area contributed by atoms with Gasteiger partial charge in [0.05, 0.1) is 11.6 Å². The lowest BCUT2D eigenvalue weighted by molar-refractivity contribution is -0.130. The van der Waals surface area contributed by atoms with Crippen LogP contribution in [0.25, 0.3) is 0 Å². The summed E-state index contributed by atoms with van der Waals surface area (Å²) in [5.41, 5.74) is 1.71. The minimum atomic E-state index is -0.833. The largest absolute Gasteiger partial charge is 0.503 e. The van der Waals surface area contributed by atoms with E-state index < -0.39 is 23.5 Å². The second kappa shape index (κ2) is 10.1. The molecule has 0 spiro atoms. The molecule has 7 heteroatoms. The number of para-hydroxylation sites is 1. The highest BCUT2D eigenvalue weighted by atomic mass is 35.5. The van der Waals surface area contributed by atoms with Gasteiger partial charge in [0, 0.05) is 29.5 Å². The lowest BCUT2D eigenvalue weighted by Gasteiger charge is -2.27. The molecular weight excluding hydrogens is 476 g/mol. The fourth-order valence-corrected chi connectivity index (χ4v) is 4.34. The van der Waals surface area contributed by atoms with Gasteiger partial charge in [-0.25, -0.2) is 0 Å². The maximum absolute atomic E-state index is 13.6. The average Bonchev–Trinajstić information content (AvgIpc) is 3.15. The van der Waals surface area contributed by atoms with E-state index in [4.69, 9.17) is 16.3 Å². The van der Waals surface area contributed by atoms with Crippen LogP contribution in [0, 0.1) is 0 Å². The third-order valence-electron chi connectivity index (χ3n) is 5.88. The molecule has 1 aromatic heterocycles. The first-order valence-corrected chi connectivity index (χ1v) is 11.6. The van der Waals surface area contributed by atoms with Crippen LogP contribution in [0.2, 0.25) is 5.02 Å². The third kappa shape index (κ3) is 4.72. The van der Waals surface area contributed by atoms with Crippen molar-refractivity contribution in [2.75, 3.05) is 0 Å². The van der Waals surface area contributed by atoms with Crippen molar-refractivity contribution in [3.05, 3.63) is 136 Å². The molecule has 178 valence electrons. The number of hydrogen-bond acceptors (Lipinski definition) is 5. The number of hydrogen-bond donors (Lipinski definition) is 1. The first-order valence-electron chi connectivity index (χ1n) is 11.3. The zero-order chi connectivity index (χ0) is 25.1. The Labute approximate surface area is 213 Å². The summed E-state index contributed by atoms with van der Waals surface area (Å²) in [4.78, 5) is 32.4. The Hall–Kier alpha value is -4.42. The monoisotopic (exact) mass is 496 g/mol. The second-order valence-corrected chi connectivity index (χ2v) is 8.72. The molecule has 5 rings (SSSR count). The van der Waals surface area contributed by atoms with Gasteiger partial charge in [0.1, 0.15) is 11.5 Å². The SMILES string of the molecule is O=C(C1=C(O)C(=O)N(Cc2cccnc2)C1c1cccc(Oc2ccccc2)c1)c1ccc(Cl)cc1. The highest BCUT2D eigenvalue weighted by molar-refractivity contribution is 6.30. The zero-order valence-corrected chi connectivity index (χ0v) is 19.8. The van der Waals surface area contributed by atoms with Crippen LogP contribution in [0.15, 0.2) is 115 Å². The van der Waals surface area contributed by atoms with Crippen molar-refractivity contribution in [3.8, 4) is 11.5 Å². The summed E-state index contributed by atoms with van der Waals surface area (Å²) in [6, 6.07) is 25.6. The van der Waals surface area contributed by atoms with E-state index in [0.29, 0.717) is 27.6 Å². The van der Waals surface area contributed by atoms with Crippen molar-refractivity contribution in [2.24, 2.45) is 0 Å². The lowest BCUT2D eigenvalue weighted by atomic mass is 9.92. The number of nitrogens with zero attached hydrogens (tertiary/aromatic N) is 2. The van der Waals surface area contributed by atoms with Gasteiger partial charge < -0.3 is 14.7 Å². The van der Waals surface area contributed by atoms with Crippen LogP contribution in [0.1, 0.15) is 27.5 Å². The number of carbonyl (C=O) groups excluding carboxylic acids is 2. The first kappa shape index (κ1) is 23.3. The molecule has 3 aromatic carbocycles. The fourth-order valence-electron chi connectivity index (χ4n) is 4.21. The molecule has 1 atom stereocenters. The number of benzene rings is 3. The summed E-state index contributed by atoms with van der Waals surface area (Å²) >= 11 is 5.99. The molecule has 1 amide bonds. The predicted molar refractivity (Wildman–Crippen MR) is 136 cm³/mol. The van der Waals surface area contributed by atoms with Crippen molar-refractivity contribution in [3.63, 3.8) is 0 Å². The molecule has 36 heavy (non-hydrogen) atoms. The smallest absolute Gasteiger partial charge is 0.290 e. The summed E-state index contributed by atoms with van der Waals surface area (Å²) in [6.07, 6.45) is 3.29. The van der Waals surface area contributed by atoms with Crippen LogP contribution in [0.4, 0.5) is 0 Å². The first-order chi connectivity index (χ1) is 17.5. The van der Waals surface area contributed by atoms with Crippen molar-refractivity contribution in [2.45, 2.75) is 12.6 Å². The minimum Gasteiger partial charge on any atom is -0.503 e. The number of aliphatic hydroxyl groups is 1. The van der Waals surface area contributed by atoms with Crippen LogP contribution >= 0.6 is 11.6 Å². The van der Waals surface area contributed by atoms with Crippen LogP contribution in [-0.4, -0.2) is 26.7 Å². The number of Topliss-reactive ketones (excluding diaryl/α,β-unsaturated/α-hetero) is 1. The molecule has 1 N–H and O–H groups in total. The van der Waals surface area contributed by atoms with E-state index in [2.05, 4.69) is 4.98 Å². The van der Waals surface area contributed by atoms with Gasteiger partial charge in [-0.1, -0.05) is 48.0 Å². The van der Waals surface area contributed by atoms with Crippen molar-refractivity contribution < 1.29 is 19.4 Å². The third-order valence-corrected chi connectivity index (χ3v) is 6.14. The fraction of sp³-hybridized carbons (Fsp3) is 0.0690. The number of halogens is 1. The van der Waals surface area contributed by atoms with Gasteiger partial charge in [0.15, 0.2) is 11.5 Å². The molecule has 0 fully saturated rings. The Kier molecular flexibility index (Phi) is 6.52. The number of aromatic nitrogens is 1. The Balaban J connectivity index is 1.57. The number of carbonyl (C=O) groups is 2. The van der Waals surface area contributed by atoms with Gasteiger partial charge in [-0.2, -0.15) is 0 Å². The van der Waals surface area contributed by atoms with Crippen molar-refractivity contribution in [1.29, 1.82) is 0 Å². The molecule has 6 nitrogen and oxygen atoms in total. The number of aliphatic hydroxyl groups excluding tert-OH is 1. The van der Waals surface area contributed by atoms with E-state index in [1.54, 1.807) is 67.0 Å². The Morgan fingerprint density at radius 3 is 2.42 bits per heavy atom. The summed E-state index contributed by atoms with van der Waals surface area (Å²) < 4.78 is 5.99. The molecule has 1 aliphatic rings. The standard InChI is InChI=1S/C29H21ClN2O4/c30-22-13-11-20(12-14-22)27(33)25-26(32(29(35)28(25)34)18-19-6-5-15-31-17-19)21-7-4-10-24(16-21)36-23-8-2-1-3-9-23/h1-17,26,34H,18H2. The highest BCUT2D eigenvalue weighted by Gasteiger charge is 2.43. The van der Waals surface area contributed by atoms with Crippen molar-refractivity contribution in [1.82, 2.24) is 9.88 Å². The normalized spacial score (nSPS) is 15.3. The highest BCUT2D eigenvalue weighted by Crippen LogP contribution is 2.41. The van der Waals surface area contributed by atoms with Crippen molar-refractivity contribution >= 4 is 23.3 Å². The molecule has 0 radical (unpaired) electrons. The van der Waals surface area contributed by atoms with E-state index in [1.165, 1.54) is 4.90 Å². The van der Waals surface area contributed by atoms with E-state index in [-0.39, 0.29) is 12.1 Å². The number of pyridine rings is 1. The number of amides is 1. The van der Waals surface area contributed by atoms with Crippen LogP contribution < -0.4 is 4.74 Å². The Morgan fingerprint density at radius 1 is 0.944 bits per heavy atom. The summed E-state index contributed by atoms with van der Waals surface area (Å²) in [6.45, 7) is 0.155. The predicted octanol–water partition coefficient (Wildman–Crippen LogP) is 6.31. The van der Waals surface area contributed by atoms with E-state index >= 15 is 0 Å². The van der Waals surface area contributed by atoms with E-state index in [9.17, 15) is 14.7 Å². The molecule has 0 saturated carbocycles. The molecule has 1 unspecified atom stereocenters. The van der Waals surface area contributed by atoms with Gasteiger partial charge in [0.25, 0.3) is 5.91 Å². The van der Waals surface area contributed by atoms with Gasteiger partial charge >= 0.3 is 0 Å². The summed E-state index contributed by atoms with van der Waals surface area (Å²) in [7, 11) is 0. The summed E-state index contributed by atoms with van der Waals surface area (Å²) in [5.74, 6) is -0.461. The van der Waals surface area contributed by atoms with Crippen LogP contribution in [0.3, 0.4) is 0 Å². The molecule has 0 saturated heterocycles. The molecule has 4 aromatic rings. The molecule has 2 heterocycles. The topological polar surface area (TPSA) is 79.7 Å². The quantitative estimate of drug-likeness (QED) is 0.303. The Bertz CT molecular complexity index is 1440. The molecule has 0 aliphatic carbocycles. The van der Waals surface area contributed by atoms with Gasteiger partial charge in [-0.05, 0) is 65.7 Å². The average molecular weight is 497 g/mol. The van der Waals surface area contributed by atoms with Gasteiger partial charge in [0.2, 0.25) is 0 Å². The minimum absolute atomic E-state index is 0.00285. The maximum Gasteiger partial charge on any atom is 0.290 e. The van der Waals surface area contributed by atoms with Gasteiger partial charge in [-0.15, -0.1) is 0 Å². The molecule has 1 aliphatic heterocycles. The number of rotatable bonds is 7. The molecular formula is C29H21ClN2O4. The number of ether oxygens (including phenoxy) is 1.